The largest absolute Gasteiger partial charge is 0.494 e. The number of carbonyl (C=O) groups excluding carboxylic acids is 2. The van der Waals surface area contributed by atoms with Gasteiger partial charge >= 0.3 is 12.1 Å². The molecule has 0 aliphatic carbocycles. The van der Waals surface area contributed by atoms with Gasteiger partial charge < -0.3 is 14.8 Å². The van der Waals surface area contributed by atoms with Crippen molar-refractivity contribution in [2.24, 2.45) is 0 Å². The van der Waals surface area contributed by atoms with Gasteiger partial charge in [-0.25, -0.2) is 4.98 Å². The molecule has 11 heteroatoms. The zero-order chi connectivity index (χ0) is 21.9. The molecule has 1 amide bonds. The van der Waals surface area contributed by atoms with Crippen LogP contribution in [0.15, 0.2) is 36.5 Å². The second-order valence-corrected chi connectivity index (χ2v) is 6.19. The first kappa shape index (κ1) is 21.1. The summed E-state index contributed by atoms with van der Waals surface area (Å²) in [6, 6.07) is 6.21. The number of nitrogens with one attached hydrogen (secondary N) is 1. The Morgan fingerprint density at radius 2 is 1.97 bits per heavy atom. The summed E-state index contributed by atoms with van der Waals surface area (Å²) in [6.07, 6.45) is -2.87. The lowest BCUT2D eigenvalue weighted by atomic mass is 10.2. The Labute approximate surface area is 168 Å². The zero-order valence-corrected chi connectivity index (χ0v) is 16.0. The van der Waals surface area contributed by atoms with Crippen LogP contribution in [-0.4, -0.2) is 40.9 Å². The highest BCUT2D eigenvalue weighted by Crippen LogP contribution is 2.31. The van der Waals surface area contributed by atoms with Crippen molar-refractivity contribution in [3.05, 3.63) is 47.9 Å². The van der Waals surface area contributed by atoms with Crippen molar-refractivity contribution in [2.45, 2.75) is 19.1 Å². The van der Waals surface area contributed by atoms with Gasteiger partial charge in [-0.05, 0) is 18.2 Å². The van der Waals surface area contributed by atoms with Gasteiger partial charge in [-0.15, -0.1) is 0 Å². The van der Waals surface area contributed by atoms with Crippen LogP contribution in [0.4, 0.5) is 18.9 Å². The molecule has 0 aliphatic rings. The zero-order valence-electron chi connectivity index (χ0n) is 16.0. The molecule has 0 saturated heterocycles. The first-order valence-corrected chi connectivity index (χ1v) is 8.69. The van der Waals surface area contributed by atoms with Crippen molar-refractivity contribution in [3.8, 4) is 5.75 Å². The maximum atomic E-state index is 12.8. The number of amides is 1. The molecule has 0 aliphatic heterocycles. The maximum absolute atomic E-state index is 12.8. The standard InChI is InChI=1S/C19H17F3N4O4/c1-29-15-9-13-11(10-26(25-13)7-6-17(27)30-2)8-14(15)24-18(28)12-4-3-5-16(23-12)19(20,21)22/h3-5,8-10H,6-7H2,1-2H3,(H,24,28). The lowest BCUT2D eigenvalue weighted by Gasteiger charge is -2.11. The Morgan fingerprint density at radius 3 is 2.63 bits per heavy atom. The van der Waals surface area contributed by atoms with Crippen LogP contribution in [-0.2, 0) is 22.3 Å². The van der Waals surface area contributed by atoms with Gasteiger partial charge in [0.2, 0.25) is 0 Å². The number of aryl methyl sites for hydroxylation is 1. The number of rotatable bonds is 6. The van der Waals surface area contributed by atoms with Crippen LogP contribution >= 0.6 is 0 Å². The van der Waals surface area contributed by atoms with Crippen molar-refractivity contribution < 1.29 is 32.2 Å². The number of hydrogen-bond donors (Lipinski definition) is 1. The third kappa shape index (κ3) is 4.67. The third-order valence-corrected chi connectivity index (χ3v) is 4.17. The van der Waals surface area contributed by atoms with Gasteiger partial charge in [0, 0.05) is 17.6 Å². The summed E-state index contributed by atoms with van der Waals surface area (Å²) >= 11 is 0. The van der Waals surface area contributed by atoms with Gasteiger partial charge in [0.25, 0.3) is 5.91 Å². The van der Waals surface area contributed by atoms with E-state index in [1.54, 1.807) is 23.0 Å². The number of alkyl halides is 3. The van der Waals surface area contributed by atoms with Gasteiger partial charge in [-0.2, -0.15) is 18.3 Å². The Balaban J connectivity index is 1.86. The van der Waals surface area contributed by atoms with Crippen molar-refractivity contribution in [2.75, 3.05) is 19.5 Å². The van der Waals surface area contributed by atoms with Gasteiger partial charge in [0.15, 0.2) is 0 Å². The van der Waals surface area contributed by atoms with Crippen molar-refractivity contribution in [1.82, 2.24) is 14.8 Å². The van der Waals surface area contributed by atoms with Gasteiger partial charge in [0.1, 0.15) is 17.1 Å². The summed E-state index contributed by atoms with van der Waals surface area (Å²) in [4.78, 5) is 27.1. The number of aromatic nitrogens is 3. The molecule has 0 spiro atoms. The molecule has 8 nitrogen and oxygen atoms in total. The van der Waals surface area contributed by atoms with E-state index in [0.717, 1.165) is 12.1 Å². The molecule has 0 atom stereocenters. The highest BCUT2D eigenvalue weighted by atomic mass is 19.4. The van der Waals surface area contributed by atoms with Crippen molar-refractivity contribution in [3.63, 3.8) is 0 Å². The molecule has 0 bridgehead atoms. The molecule has 0 fully saturated rings. The average molecular weight is 422 g/mol. The second kappa shape index (κ2) is 8.39. The molecule has 30 heavy (non-hydrogen) atoms. The number of benzene rings is 1. The molecule has 0 saturated carbocycles. The number of methoxy groups -OCH3 is 2. The molecule has 3 aromatic rings. The predicted octanol–water partition coefficient (Wildman–Crippen LogP) is 3.27. The van der Waals surface area contributed by atoms with E-state index in [1.165, 1.54) is 20.3 Å². The molecule has 1 aromatic carbocycles. The first-order valence-electron chi connectivity index (χ1n) is 8.69. The quantitative estimate of drug-likeness (QED) is 0.613. The molecule has 1 N–H and O–H groups in total. The van der Waals surface area contributed by atoms with E-state index < -0.39 is 17.8 Å². The third-order valence-electron chi connectivity index (χ3n) is 4.17. The number of carbonyl (C=O) groups is 2. The van der Waals surface area contributed by atoms with Crippen LogP contribution in [0, 0.1) is 0 Å². The molecule has 3 rings (SSSR count). The number of ether oxygens (including phenoxy) is 2. The van der Waals surface area contributed by atoms with Crippen molar-refractivity contribution in [1.29, 1.82) is 0 Å². The number of hydrogen-bond acceptors (Lipinski definition) is 6. The fourth-order valence-corrected chi connectivity index (χ4v) is 2.70. The molecule has 0 radical (unpaired) electrons. The Bertz CT molecular complexity index is 1100. The summed E-state index contributed by atoms with van der Waals surface area (Å²) in [6.45, 7) is 0.291. The number of esters is 1. The van der Waals surface area contributed by atoms with E-state index in [2.05, 4.69) is 20.1 Å². The van der Waals surface area contributed by atoms with Crippen LogP contribution in [0.5, 0.6) is 5.75 Å². The van der Waals surface area contributed by atoms with Gasteiger partial charge in [-0.1, -0.05) is 6.07 Å². The van der Waals surface area contributed by atoms with Crippen LogP contribution in [0.2, 0.25) is 0 Å². The van der Waals surface area contributed by atoms with Crippen LogP contribution in [0.25, 0.3) is 10.9 Å². The van der Waals surface area contributed by atoms with Gasteiger partial charge in [-0.3, -0.25) is 14.3 Å². The highest BCUT2D eigenvalue weighted by molar-refractivity contribution is 6.05. The summed E-state index contributed by atoms with van der Waals surface area (Å²) in [7, 11) is 2.68. The Hall–Kier alpha value is -3.63. The first-order chi connectivity index (χ1) is 14.2. The minimum atomic E-state index is -4.66. The lowest BCUT2D eigenvalue weighted by molar-refractivity contribution is -0.141. The van der Waals surface area contributed by atoms with Crippen LogP contribution in [0.3, 0.4) is 0 Å². The summed E-state index contributed by atoms with van der Waals surface area (Å²) in [5.74, 6) is -0.938. The number of anilines is 1. The summed E-state index contributed by atoms with van der Waals surface area (Å²) in [5.41, 5.74) is -0.765. The number of nitrogens with zero attached hydrogens (tertiary/aromatic N) is 3. The van der Waals surface area contributed by atoms with E-state index in [1.807, 2.05) is 0 Å². The lowest BCUT2D eigenvalue weighted by Crippen LogP contribution is -2.17. The fraction of sp³-hybridized carbons (Fsp3) is 0.263. The minimum absolute atomic E-state index is 0.131. The monoisotopic (exact) mass is 422 g/mol. The predicted molar refractivity (Wildman–Crippen MR) is 100 cm³/mol. The second-order valence-electron chi connectivity index (χ2n) is 6.19. The molecule has 2 aromatic heterocycles. The van der Waals surface area contributed by atoms with E-state index in [4.69, 9.17) is 4.74 Å². The van der Waals surface area contributed by atoms with Crippen LogP contribution in [0.1, 0.15) is 22.6 Å². The topological polar surface area (TPSA) is 95.3 Å². The maximum Gasteiger partial charge on any atom is 0.433 e. The van der Waals surface area contributed by atoms with E-state index in [-0.39, 0.29) is 29.5 Å². The Morgan fingerprint density at radius 1 is 1.20 bits per heavy atom. The number of fused-ring (bicyclic) bond motifs is 1. The smallest absolute Gasteiger partial charge is 0.433 e. The number of pyridine rings is 1. The minimum Gasteiger partial charge on any atom is -0.494 e. The van der Waals surface area contributed by atoms with Crippen LogP contribution < -0.4 is 10.1 Å². The highest BCUT2D eigenvalue weighted by Gasteiger charge is 2.33. The molecular formula is C19H17F3N4O4. The molecule has 2 heterocycles. The molecular weight excluding hydrogens is 405 g/mol. The fourth-order valence-electron chi connectivity index (χ4n) is 2.70. The summed E-state index contributed by atoms with van der Waals surface area (Å²) < 4.78 is 49.9. The Kier molecular flexibility index (Phi) is 5.90. The van der Waals surface area contributed by atoms with E-state index >= 15 is 0 Å². The normalized spacial score (nSPS) is 11.4. The number of halogens is 3. The molecule has 158 valence electrons. The average Bonchev–Trinajstić information content (AvgIpc) is 3.12. The van der Waals surface area contributed by atoms with Crippen molar-refractivity contribution >= 4 is 28.5 Å². The van der Waals surface area contributed by atoms with Gasteiger partial charge in [0.05, 0.1) is 38.4 Å². The van der Waals surface area contributed by atoms with E-state index in [0.29, 0.717) is 17.4 Å². The van der Waals surface area contributed by atoms with E-state index in [9.17, 15) is 22.8 Å². The molecule has 0 unspecified atom stereocenters. The summed E-state index contributed by atoms with van der Waals surface area (Å²) in [5, 5.41) is 7.47. The SMILES string of the molecule is COC(=O)CCn1cc2cc(NC(=O)c3cccc(C(F)(F)F)n3)c(OC)cc2n1.